The van der Waals surface area contributed by atoms with Gasteiger partial charge in [-0.3, -0.25) is 0 Å². The summed E-state index contributed by atoms with van der Waals surface area (Å²) in [5.41, 5.74) is 9.77. The number of rotatable bonds is 5. The minimum absolute atomic E-state index is 0.873. The second kappa shape index (κ2) is 11.2. The van der Waals surface area contributed by atoms with Crippen LogP contribution in [0.25, 0.3) is 75.1 Å². The van der Waals surface area contributed by atoms with Crippen molar-refractivity contribution in [1.29, 1.82) is 0 Å². The molecular formula is C46H29NOS. The van der Waals surface area contributed by atoms with Crippen LogP contribution in [-0.2, 0) is 0 Å². The summed E-state index contributed by atoms with van der Waals surface area (Å²) < 4.78 is 9.04. The molecule has 8 aromatic carbocycles. The SMILES string of the molecule is c1cc(-c2ccc3c(c2)sc2ccccc23)cc(N(c2ccccc2-c2cccc3ccccc23)c2cccc3oc4ccccc4c23)c1. The van der Waals surface area contributed by atoms with Gasteiger partial charge in [-0.05, 0) is 76.0 Å². The summed E-state index contributed by atoms with van der Waals surface area (Å²) >= 11 is 1.86. The lowest BCUT2D eigenvalue weighted by atomic mass is 9.95. The van der Waals surface area contributed by atoms with Crippen LogP contribution in [0, 0.1) is 0 Å². The maximum Gasteiger partial charge on any atom is 0.137 e. The molecule has 0 N–H and O–H groups in total. The zero-order chi connectivity index (χ0) is 32.3. The molecule has 0 aliphatic rings. The molecule has 0 fully saturated rings. The van der Waals surface area contributed by atoms with Gasteiger partial charge in [0.1, 0.15) is 11.2 Å². The molecule has 0 amide bonds. The van der Waals surface area contributed by atoms with E-state index in [1.807, 2.05) is 17.4 Å². The highest BCUT2D eigenvalue weighted by Crippen LogP contribution is 2.47. The van der Waals surface area contributed by atoms with E-state index in [1.54, 1.807) is 0 Å². The maximum absolute atomic E-state index is 6.42. The van der Waals surface area contributed by atoms with Crippen LogP contribution in [-0.4, -0.2) is 0 Å². The van der Waals surface area contributed by atoms with Crippen LogP contribution >= 0.6 is 11.3 Å². The third kappa shape index (κ3) is 4.55. The molecular weight excluding hydrogens is 615 g/mol. The molecule has 0 bridgehead atoms. The molecule has 0 atom stereocenters. The van der Waals surface area contributed by atoms with Crippen molar-refractivity contribution >= 4 is 81.3 Å². The van der Waals surface area contributed by atoms with Crippen molar-refractivity contribution in [3.63, 3.8) is 0 Å². The standard InChI is InChI=1S/C46H29NOS/c1-2-16-34-30(12-1)13-10-20-35(34)36-17-3-6-21-40(36)47(41-22-11-24-43-46(41)39-19-4-7-23-42(39)48-43)33-15-9-14-31(28-33)32-26-27-38-37-18-5-8-25-44(37)49-45(38)29-32/h1-29H. The topological polar surface area (TPSA) is 16.4 Å². The highest BCUT2D eigenvalue weighted by molar-refractivity contribution is 7.25. The molecule has 0 spiro atoms. The second-order valence-electron chi connectivity index (χ2n) is 12.5. The van der Waals surface area contributed by atoms with Gasteiger partial charge < -0.3 is 9.32 Å². The molecule has 0 aliphatic carbocycles. The number of thiophene rings is 1. The average molecular weight is 644 g/mol. The highest BCUT2D eigenvalue weighted by atomic mass is 32.1. The Morgan fingerprint density at radius 3 is 2.02 bits per heavy atom. The Bertz CT molecular complexity index is 2850. The third-order valence-electron chi connectivity index (χ3n) is 9.66. The Morgan fingerprint density at radius 2 is 1.06 bits per heavy atom. The monoisotopic (exact) mass is 643 g/mol. The number of anilines is 3. The van der Waals surface area contributed by atoms with Gasteiger partial charge in [-0.2, -0.15) is 0 Å². The Morgan fingerprint density at radius 1 is 0.408 bits per heavy atom. The number of hydrogen-bond acceptors (Lipinski definition) is 3. The quantitative estimate of drug-likeness (QED) is 0.186. The van der Waals surface area contributed by atoms with Crippen LogP contribution in [0.4, 0.5) is 17.1 Å². The molecule has 0 unspecified atom stereocenters. The average Bonchev–Trinajstić information content (AvgIpc) is 3.74. The number of fused-ring (bicyclic) bond motifs is 7. The van der Waals surface area contributed by atoms with Crippen LogP contribution in [0.2, 0.25) is 0 Å². The van der Waals surface area contributed by atoms with Crippen molar-refractivity contribution in [3.8, 4) is 22.3 Å². The molecule has 3 heteroatoms. The van der Waals surface area contributed by atoms with Gasteiger partial charge in [-0.1, -0.05) is 127 Å². The van der Waals surface area contributed by atoms with Gasteiger partial charge in [0.2, 0.25) is 0 Å². The predicted molar refractivity (Wildman–Crippen MR) is 210 cm³/mol. The molecule has 0 saturated heterocycles. The first kappa shape index (κ1) is 27.9. The van der Waals surface area contributed by atoms with E-state index < -0.39 is 0 Å². The van der Waals surface area contributed by atoms with Crippen molar-refractivity contribution < 1.29 is 4.42 Å². The third-order valence-corrected chi connectivity index (χ3v) is 10.8. The second-order valence-corrected chi connectivity index (χ2v) is 13.6. The van der Waals surface area contributed by atoms with E-state index in [4.69, 9.17) is 4.42 Å². The van der Waals surface area contributed by atoms with Crippen LogP contribution in [0.1, 0.15) is 0 Å². The number of benzene rings is 8. The van der Waals surface area contributed by atoms with Gasteiger partial charge in [0.05, 0.1) is 16.8 Å². The summed E-state index contributed by atoms with van der Waals surface area (Å²) in [7, 11) is 0. The lowest BCUT2D eigenvalue weighted by molar-refractivity contribution is 0.669. The van der Waals surface area contributed by atoms with E-state index in [1.165, 1.54) is 53.2 Å². The van der Waals surface area contributed by atoms with Gasteiger partial charge in [0.25, 0.3) is 0 Å². The Kier molecular flexibility index (Phi) is 6.39. The maximum atomic E-state index is 6.42. The molecule has 2 heterocycles. The summed E-state index contributed by atoms with van der Waals surface area (Å²) in [5, 5.41) is 7.29. The number of furan rings is 1. The van der Waals surface area contributed by atoms with E-state index in [-0.39, 0.29) is 0 Å². The van der Waals surface area contributed by atoms with Gasteiger partial charge in [0.15, 0.2) is 0 Å². The molecule has 2 aromatic heterocycles. The Balaban J connectivity index is 1.22. The number of para-hydroxylation sites is 2. The minimum Gasteiger partial charge on any atom is -0.456 e. The number of hydrogen-bond donors (Lipinski definition) is 0. The molecule has 0 saturated carbocycles. The lowest BCUT2D eigenvalue weighted by Crippen LogP contribution is -2.11. The van der Waals surface area contributed by atoms with Crippen molar-refractivity contribution in [2.75, 3.05) is 4.90 Å². The van der Waals surface area contributed by atoms with E-state index in [2.05, 4.69) is 175 Å². The van der Waals surface area contributed by atoms with Gasteiger partial charge in [0, 0.05) is 36.8 Å². The smallest absolute Gasteiger partial charge is 0.137 e. The van der Waals surface area contributed by atoms with Crippen molar-refractivity contribution in [2.45, 2.75) is 0 Å². The van der Waals surface area contributed by atoms with Crippen LogP contribution < -0.4 is 4.90 Å². The van der Waals surface area contributed by atoms with Gasteiger partial charge >= 0.3 is 0 Å². The molecule has 49 heavy (non-hydrogen) atoms. The normalized spacial score (nSPS) is 11.7. The van der Waals surface area contributed by atoms with Crippen LogP contribution in [0.3, 0.4) is 0 Å². The van der Waals surface area contributed by atoms with Crippen LogP contribution in [0.15, 0.2) is 180 Å². The largest absolute Gasteiger partial charge is 0.456 e. The fourth-order valence-electron chi connectivity index (χ4n) is 7.44. The molecule has 10 rings (SSSR count). The van der Waals surface area contributed by atoms with Crippen molar-refractivity contribution in [3.05, 3.63) is 176 Å². The van der Waals surface area contributed by atoms with Crippen LogP contribution in [0.5, 0.6) is 0 Å². The fourth-order valence-corrected chi connectivity index (χ4v) is 8.58. The van der Waals surface area contributed by atoms with Gasteiger partial charge in [-0.15, -0.1) is 11.3 Å². The van der Waals surface area contributed by atoms with Gasteiger partial charge in [-0.25, -0.2) is 0 Å². The molecule has 2 nitrogen and oxygen atoms in total. The minimum atomic E-state index is 0.873. The molecule has 10 aromatic rings. The van der Waals surface area contributed by atoms with E-state index in [0.717, 1.165) is 39.0 Å². The predicted octanol–water partition coefficient (Wildman–Crippen LogP) is 13.9. The van der Waals surface area contributed by atoms with E-state index in [9.17, 15) is 0 Å². The molecule has 0 radical (unpaired) electrons. The van der Waals surface area contributed by atoms with Crippen molar-refractivity contribution in [1.82, 2.24) is 0 Å². The summed E-state index contributed by atoms with van der Waals surface area (Å²) in [5.74, 6) is 0. The zero-order valence-electron chi connectivity index (χ0n) is 26.5. The highest BCUT2D eigenvalue weighted by Gasteiger charge is 2.22. The number of nitrogens with zero attached hydrogens (tertiary/aromatic N) is 1. The summed E-state index contributed by atoms with van der Waals surface area (Å²) in [6, 6.07) is 63.3. The molecule has 230 valence electrons. The first-order valence-corrected chi connectivity index (χ1v) is 17.4. The molecule has 0 aliphatic heterocycles. The fraction of sp³-hybridized carbons (Fsp3) is 0. The zero-order valence-corrected chi connectivity index (χ0v) is 27.3. The lowest BCUT2D eigenvalue weighted by Gasteiger charge is -2.29. The van der Waals surface area contributed by atoms with Crippen molar-refractivity contribution in [2.24, 2.45) is 0 Å². The Hall–Kier alpha value is -6.16. The first-order chi connectivity index (χ1) is 24.3. The summed E-state index contributed by atoms with van der Waals surface area (Å²) in [4.78, 5) is 2.42. The first-order valence-electron chi connectivity index (χ1n) is 16.6. The van der Waals surface area contributed by atoms with E-state index >= 15 is 0 Å². The van der Waals surface area contributed by atoms with E-state index in [0.29, 0.717) is 0 Å². The summed E-state index contributed by atoms with van der Waals surface area (Å²) in [6.45, 7) is 0. The Labute approximate surface area is 287 Å². The summed E-state index contributed by atoms with van der Waals surface area (Å²) in [6.07, 6.45) is 0.